The molecule has 0 saturated heterocycles. The molecule has 1 aromatic rings. The Bertz CT molecular complexity index is 410. The maximum Gasteiger partial charge on any atom is 0.261 e. The zero-order valence-corrected chi connectivity index (χ0v) is 11.6. The van der Waals surface area contributed by atoms with Crippen LogP contribution in [0.15, 0.2) is 24.3 Å². The van der Waals surface area contributed by atoms with Crippen molar-refractivity contribution >= 4 is 5.91 Å². The maximum atomic E-state index is 11.9. The highest BCUT2D eigenvalue weighted by molar-refractivity contribution is 5.81. The van der Waals surface area contributed by atoms with Gasteiger partial charge in [0.1, 0.15) is 11.5 Å². The summed E-state index contributed by atoms with van der Waals surface area (Å²) >= 11 is 0. The minimum absolute atomic E-state index is 0.134. The predicted octanol–water partition coefficient (Wildman–Crippen LogP) is 2.38. The van der Waals surface area contributed by atoms with Crippen molar-refractivity contribution in [1.29, 1.82) is 0 Å². The Morgan fingerprint density at radius 3 is 2.44 bits per heavy atom. The van der Waals surface area contributed by atoms with Gasteiger partial charge in [0.25, 0.3) is 5.91 Å². The molecule has 1 amide bonds. The average molecular weight is 251 g/mol. The molecule has 0 saturated carbocycles. The fourth-order valence-electron chi connectivity index (χ4n) is 1.40. The van der Waals surface area contributed by atoms with Gasteiger partial charge in [-0.2, -0.15) is 0 Å². The Hall–Kier alpha value is -1.71. The van der Waals surface area contributed by atoms with Crippen molar-refractivity contribution in [3.8, 4) is 11.5 Å². The molecule has 100 valence electrons. The normalized spacial score (nSPS) is 12.7. The van der Waals surface area contributed by atoms with Gasteiger partial charge < -0.3 is 14.8 Å². The van der Waals surface area contributed by atoms with E-state index in [9.17, 15) is 4.79 Å². The molecule has 0 bridgehead atoms. The third-order valence-electron chi connectivity index (χ3n) is 2.22. The van der Waals surface area contributed by atoms with E-state index in [1.165, 1.54) is 0 Å². The van der Waals surface area contributed by atoms with Crippen molar-refractivity contribution in [2.75, 3.05) is 7.11 Å². The van der Waals surface area contributed by atoms with Gasteiger partial charge in [0.2, 0.25) is 0 Å². The lowest BCUT2D eigenvalue weighted by Gasteiger charge is -2.23. The highest BCUT2D eigenvalue weighted by atomic mass is 16.5. The lowest BCUT2D eigenvalue weighted by Crippen LogP contribution is -2.46. The summed E-state index contributed by atoms with van der Waals surface area (Å²) < 4.78 is 10.7. The minimum atomic E-state index is -0.545. The van der Waals surface area contributed by atoms with E-state index in [-0.39, 0.29) is 11.4 Å². The molecule has 4 nitrogen and oxygen atoms in total. The van der Waals surface area contributed by atoms with Gasteiger partial charge in [-0.15, -0.1) is 0 Å². The molecule has 0 aliphatic heterocycles. The first-order valence-electron chi connectivity index (χ1n) is 5.94. The van der Waals surface area contributed by atoms with Crippen LogP contribution in [0.5, 0.6) is 11.5 Å². The largest absolute Gasteiger partial charge is 0.497 e. The highest BCUT2D eigenvalue weighted by Crippen LogP contribution is 2.20. The van der Waals surface area contributed by atoms with E-state index in [2.05, 4.69) is 5.32 Å². The van der Waals surface area contributed by atoms with Gasteiger partial charge in [-0.25, -0.2) is 0 Å². The van der Waals surface area contributed by atoms with Crippen LogP contribution in [0.4, 0.5) is 0 Å². The van der Waals surface area contributed by atoms with Gasteiger partial charge in [0.15, 0.2) is 6.10 Å². The van der Waals surface area contributed by atoms with Crippen LogP contribution >= 0.6 is 0 Å². The van der Waals surface area contributed by atoms with E-state index in [1.54, 1.807) is 26.2 Å². The monoisotopic (exact) mass is 251 g/mol. The van der Waals surface area contributed by atoms with Crippen LogP contribution in [0.3, 0.4) is 0 Å². The van der Waals surface area contributed by atoms with Gasteiger partial charge in [0, 0.05) is 11.6 Å². The molecule has 1 atom stereocenters. The van der Waals surface area contributed by atoms with Crippen LogP contribution in [0.1, 0.15) is 27.7 Å². The summed E-state index contributed by atoms with van der Waals surface area (Å²) in [4.78, 5) is 11.9. The molecule has 0 fully saturated rings. The second-order valence-electron chi connectivity index (χ2n) is 5.18. The molecule has 0 radical (unpaired) electrons. The molecule has 0 aliphatic rings. The van der Waals surface area contributed by atoms with Crippen molar-refractivity contribution in [3.63, 3.8) is 0 Å². The molecule has 1 aromatic carbocycles. The number of hydrogen-bond donors (Lipinski definition) is 1. The molecule has 18 heavy (non-hydrogen) atoms. The second-order valence-corrected chi connectivity index (χ2v) is 5.18. The summed E-state index contributed by atoms with van der Waals surface area (Å²) in [5.41, 5.74) is -0.261. The molecule has 0 aromatic heterocycles. The van der Waals surface area contributed by atoms with E-state index in [0.29, 0.717) is 11.5 Å². The SMILES string of the molecule is COc1cccc(OC(C)C(=O)NC(C)(C)C)c1. The van der Waals surface area contributed by atoms with Crippen molar-refractivity contribution in [2.45, 2.75) is 39.3 Å². The quantitative estimate of drug-likeness (QED) is 0.893. The zero-order chi connectivity index (χ0) is 13.8. The molecule has 4 heteroatoms. The molecule has 1 rings (SSSR count). The Kier molecular flexibility index (Phi) is 4.59. The average Bonchev–Trinajstić information content (AvgIpc) is 2.27. The number of nitrogens with one attached hydrogen (secondary N) is 1. The van der Waals surface area contributed by atoms with E-state index >= 15 is 0 Å². The smallest absolute Gasteiger partial charge is 0.261 e. The van der Waals surface area contributed by atoms with Crippen LogP contribution < -0.4 is 14.8 Å². The molecule has 1 unspecified atom stereocenters. The maximum absolute atomic E-state index is 11.9. The second kappa shape index (κ2) is 5.76. The van der Waals surface area contributed by atoms with Crippen molar-refractivity contribution in [2.24, 2.45) is 0 Å². The van der Waals surface area contributed by atoms with Gasteiger partial charge in [0.05, 0.1) is 7.11 Å². The van der Waals surface area contributed by atoms with Gasteiger partial charge >= 0.3 is 0 Å². The van der Waals surface area contributed by atoms with E-state index in [1.807, 2.05) is 32.9 Å². The van der Waals surface area contributed by atoms with Gasteiger partial charge in [-0.05, 0) is 39.8 Å². The first-order chi connectivity index (χ1) is 8.31. The summed E-state index contributed by atoms with van der Waals surface area (Å²) in [6, 6.07) is 7.19. The first-order valence-corrected chi connectivity index (χ1v) is 5.94. The fourth-order valence-corrected chi connectivity index (χ4v) is 1.40. The topological polar surface area (TPSA) is 47.6 Å². The summed E-state index contributed by atoms with van der Waals surface area (Å²) in [6.07, 6.45) is -0.545. The Balaban J connectivity index is 2.63. The third-order valence-corrected chi connectivity index (χ3v) is 2.22. The lowest BCUT2D eigenvalue weighted by molar-refractivity contribution is -0.128. The van der Waals surface area contributed by atoms with Crippen LogP contribution in [0.2, 0.25) is 0 Å². The number of amides is 1. The highest BCUT2D eigenvalue weighted by Gasteiger charge is 2.20. The Morgan fingerprint density at radius 1 is 1.28 bits per heavy atom. The zero-order valence-electron chi connectivity index (χ0n) is 11.6. The fraction of sp³-hybridized carbons (Fsp3) is 0.500. The minimum Gasteiger partial charge on any atom is -0.497 e. The van der Waals surface area contributed by atoms with Crippen LogP contribution in [0, 0.1) is 0 Å². The Morgan fingerprint density at radius 2 is 1.89 bits per heavy atom. The lowest BCUT2D eigenvalue weighted by atomic mass is 10.1. The summed E-state index contributed by atoms with van der Waals surface area (Å²) in [5.74, 6) is 1.19. The van der Waals surface area contributed by atoms with Gasteiger partial charge in [-0.1, -0.05) is 6.07 Å². The standard InChI is InChI=1S/C14H21NO3/c1-10(13(16)15-14(2,3)4)18-12-8-6-7-11(9-12)17-5/h6-10H,1-5H3,(H,15,16). The van der Waals surface area contributed by atoms with E-state index in [0.717, 1.165) is 0 Å². The van der Waals surface area contributed by atoms with Gasteiger partial charge in [-0.3, -0.25) is 4.79 Å². The molecule has 0 heterocycles. The molecular weight excluding hydrogens is 230 g/mol. The van der Waals surface area contributed by atoms with Crippen LogP contribution in [-0.4, -0.2) is 24.7 Å². The number of rotatable bonds is 4. The number of benzene rings is 1. The molecular formula is C14H21NO3. The number of ether oxygens (including phenoxy) is 2. The van der Waals surface area contributed by atoms with Crippen molar-refractivity contribution in [1.82, 2.24) is 5.32 Å². The van der Waals surface area contributed by atoms with Crippen molar-refractivity contribution < 1.29 is 14.3 Å². The number of carbonyl (C=O) groups excluding carboxylic acids is 1. The van der Waals surface area contributed by atoms with Crippen LogP contribution in [0.25, 0.3) is 0 Å². The molecule has 0 spiro atoms. The third kappa shape index (κ3) is 4.65. The molecule has 0 aliphatic carbocycles. The number of hydrogen-bond acceptors (Lipinski definition) is 3. The van der Waals surface area contributed by atoms with Crippen molar-refractivity contribution in [3.05, 3.63) is 24.3 Å². The first kappa shape index (κ1) is 14.4. The Labute approximate surface area is 108 Å². The van der Waals surface area contributed by atoms with E-state index < -0.39 is 6.10 Å². The van der Waals surface area contributed by atoms with E-state index in [4.69, 9.17) is 9.47 Å². The predicted molar refractivity (Wildman–Crippen MR) is 71.0 cm³/mol. The summed E-state index contributed by atoms with van der Waals surface area (Å²) in [7, 11) is 1.59. The number of carbonyl (C=O) groups is 1. The number of methoxy groups -OCH3 is 1. The van der Waals surface area contributed by atoms with Crippen LogP contribution in [-0.2, 0) is 4.79 Å². The summed E-state index contributed by atoms with van der Waals surface area (Å²) in [5, 5.41) is 2.87. The molecule has 1 N–H and O–H groups in total. The summed E-state index contributed by atoms with van der Waals surface area (Å²) in [6.45, 7) is 7.52.